The Hall–Kier alpha value is -3.43. The molecule has 0 saturated carbocycles. The number of rotatable bonds is 21. The van der Waals surface area contributed by atoms with Gasteiger partial charge in [0, 0.05) is 39.4 Å². The van der Waals surface area contributed by atoms with Gasteiger partial charge in [-0.15, -0.1) is 11.3 Å². The van der Waals surface area contributed by atoms with Gasteiger partial charge in [0.15, 0.2) is 0 Å². The second-order valence-corrected chi connectivity index (χ2v) is 16.0. The third-order valence-corrected chi connectivity index (χ3v) is 11.8. The lowest BCUT2D eigenvalue weighted by molar-refractivity contribution is -0.148. The van der Waals surface area contributed by atoms with Crippen molar-refractivity contribution in [2.75, 3.05) is 48.5 Å². The molecular formula is C40H64N6O7S. The molecule has 1 aliphatic rings. The number of aliphatic hydroxyl groups is 1. The summed E-state index contributed by atoms with van der Waals surface area (Å²) in [6.07, 6.45) is 3.20. The maximum atomic E-state index is 14.2. The van der Waals surface area contributed by atoms with Gasteiger partial charge in [-0.2, -0.15) is 0 Å². The highest BCUT2D eigenvalue weighted by Crippen LogP contribution is 2.30. The Morgan fingerprint density at radius 1 is 1.02 bits per heavy atom. The van der Waals surface area contributed by atoms with Gasteiger partial charge >= 0.3 is 0 Å². The van der Waals surface area contributed by atoms with Crippen molar-refractivity contribution in [1.82, 2.24) is 30.3 Å². The Kier molecular flexibility index (Phi) is 18.0. The average Bonchev–Trinajstić information content (AvgIpc) is 3.87. The number of hydrogen-bond acceptors (Lipinski definition) is 10. The number of nitrogens with zero attached hydrogens (tertiary/aromatic N) is 4. The van der Waals surface area contributed by atoms with E-state index in [9.17, 15) is 24.3 Å². The minimum Gasteiger partial charge on any atom is -0.394 e. The van der Waals surface area contributed by atoms with Crippen LogP contribution in [-0.2, 0) is 35.1 Å². The first-order valence-electron chi connectivity index (χ1n) is 19.1. The van der Waals surface area contributed by atoms with Gasteiger partial charge in [0.1, 0.15) is 11.0 Å². The zero-order valence-corrected chi connectivity index (χ0v) is 34.7. The Labute approximate surface area is 326 Å². The number of thiazole rings is 1. The fraction of sp³-hybridized carbons (Fsp3) is 0.675. The molecule has 14 heteroatoms. The highest BCUT2D eigenvalue weighted by molar-refractivity contribution is 7.09. The number of hydrogen-bond donors (Lipinski definition) is 3. The largest absolute Gasteiger partial charge is 0.394 e. The Bertz CT molecular complexity index is 1450. The molecule has 2 heterocycles. The molecule has 4 amide bonds. The Morgan fingerprint density at radius 3 is 2.24 bits per heavy atom. The minimum absolute atomic E-state index is 0.00790. The number of carbonyl (C=O) groups is 4. The van der Waals surface area contributed by atoms with Gasteiger partial charge in [0.25, 0.3) is 0 Å². The van der Waals surface area contributed by atoms with Crippen molar-refractivity contribution in [2.45, 2.75) is 109 Å². The van der Waals surface area contributed by atoms with Gasteiger partial charge in [-0.3, -0.25) is 24.1 Å². The van der Waals surface area contributed by atoms with Crippen molar-refractivity contribution in [3.63, 3.8) is 0 Å². The fourth-order valence-electron chi connectivity index (χ4n) is 7.89. The van der Waals surface area contributed by atoms with Crippen molar-refractivity contribution in [3.05, 3.63) is 52.5 Å². The molecule has 1 saturated heterocycles. The monoisotopic (exact) mass is 772 g/mol. The van der Waals surface area contributed by atoms with E-state index in [2.05, 4.69) is 15.6 Å². The van der Waals surface area contributed by atoms with E-state index >= 15 is 0 Å². The number of methoxy groups -OCH3 is 2. The molecule has 0 bridgehead atoms. The van der Waals surface area contributed by atoms with E-state index in [1.165, 1.54) is 23.3 Å². The van der Waals surface area contributed by atoms with Crippen LogP contribution in [0, 0.1) is 17.8 Å². The molecule has 13 nitrogen and oxygen atoms in total. The third kappa shape index (κ3) is 11.5. The molecular weight excluding hydrogens is 709 g/mol. The molecule has 3 N–H and O–H groups in total. The van der Waals surface area contributed by atoms with Gasteiger partial charge in [-0.25, -0.2) is 4.98 Å². The zero-order valence-electron chi connectivity index (χ0n) is 33.9. The van der Waals surface area contributed by atoms with E-state index < -0.39 is 48.8 Å². The van der Waals surface area contributed by atoms with Gasteiger partial charge in [-0.05, 0) is 50.8 Å². The first kappa shape index (κ1) is 45.0. The van der Waals surface area contributed by atoms with Gasteiger partial charge in [-0.1, -0.05) is 71.4 Å². The van der Waals surface area contributed by atoms with E-state index in [0.717, 1.165) is 17.0 Å². The van der Waals surface area contributed by atoms with Gasteiger partial charge in [0.2, 0.25) is 23.6 Å². The predicted molar refractivity (Wildman–Crippen MR) is 211 cm³/mol. The molecule has 1 aromatic heterocycles. The number of carbonyl (C=O) groups excluding carboxylic acids is 4. The first-order chi connectivity index (χ1) is 25.7. The third-order valence-electron chi connectivity index (χ3n) is 10.9. The molecule has 1 fully saturated rings. The molecule has 54 heavy (non-hydrogen) atoms. The molecule has 1 aromatic carbocycles. The zero-order chi connectivity index (χ0) is 40.1. The number of ether oxygens (including phenoxy) is 2. The number of nitrogens with one attached hydrogen (secondary N) is 2. The molecule has 3 rings (SSSR count). The topological polar surface area (TPSA) is 154 Å². The number of likely N-dealkylation sites (tertiary alicyclic amines) is 1. The highest BCUT2D eigenvalue weighted by Gasteiger charge is 2.43. The van der Waals surface area contributed by atoms with E-state index in [1.54, 1.807) is 44.2 Å². The summed E-state index contributed by atoms with van der Waals surface area (Å²) in [4.78, 5) is 64.7. The fourth-order valence-corrected chi connectivity index (χ4v) is 8.58. The molecule has 302 valence electrons. The normalized spacial score (nSPS) is 19.1. The smallest absolute Gasteiger partial charge is 0.247 e. The Morgan fingerprint density at radius 2 is 1.70 bits per heavy atom. The number of amides is 4. The summed E-state index contributed by atoms with van der Waals surface area (Å²) in [6.45, 7) is 9.61. The van der Waals surface area contributed by atoms with Gasteiger partial charge < -0.3 is 35.0 Å². The summed E-state index contributed by atoms with van der Waals surface area (Å²) in [5.41, 5.74) is 1.08. The maximum Gasteiger partial charge on any atom is 0.247 e. The van der Waals surface area contributed by atoms with Crippen LogP contribution in [0.15, 0.2) is 41.9 Å². The second-order valence-electron chi connectivity index (χ2n) is 15.1. The van der Waals surface area contributed by atoms with Crippen molar-refractivity contribution >= 4 is 35.0 Å². The number of aromatic nitrogens is 1. The van der Waals surface area contributed by atoms with E-state index in [-0.39, 0.29) is 48.1 Å². The van der Waals surface area contributed by atoms with Crippen LogP contribution in [0.4, 0.5) is 0 Å². The van der Waals surface area contributed by atoms with Crippen molar-refractivity contribution in [2.24, 2.45) is 17.8 Å². The van der Waals surface area contributed by atoms with Crippen LogP contribution in [0.1, 0.15) is 76.9 Å². The quantitative estimate of drug-likeness (QED) is 0.173. The summed E-state index contributed by atoms with van der Waals surface area (Å²) < 4.78 is 12.0. The number of aliphatic hydroxyl groups excluding tert-OH is 1. The van der Waals surface area contributed by atoms with E-state index in [0.29, 0.717) is 25.8 Å². The lowest BCUT2D eigenvalue weighted by Crippen LogP contribution is -2.59. The SMILES string of the molecule is CC[C@H](C)[C@@H]([C@@H](CC(=O)N1CCC[C@H]1[C@H](OC)[C@@H](C)C(=O)N[C@@H](Cc1ccccc1)c1nccs1)OC)N(C)C(=O)[C@H](CO)NC(=O)[C@H](C(C)C)N(C)C. The molecule has 2 aromatic rings. The minimum atomic E-state index is -1.16. The molecule has 9 atom stereocenters. The van der Waals surface area contributed by atoms with Crippen molar-refractivity contribution in [3.8, 4) is 0 Å². The first-order valence-corrected chi connectivity index (χ1v) is 20.0. The maximum absolute atomic E-state index is 14.2. The van der Waals surface area contributed by atoms with Crippen LogP contribution >= 0.6 is 11.3 Å². The van der Waals surface area contributed by atoms with Crippen LogP contribution in [0.3, 0.4) is 0 Å². The van der Waals surface area contributed by atoms with Gasteiger partial charge in [0.05, 0.1) is 55.3 Å². The van der Waals surface area contributed by atoms with Crippen LogP contribution in [0.2, 0.25) is 0 Å². The molecule has 0 aliphatic carbocycles. The van der Waals surface area contributed by atoms with E-state index in [1.807, 2.05) is 70.3 Å². The summed E-state index contributed by atoms with van der Waals surface area (Å²) in [5.74, 6) is -1.82. The lowest BCUT2D eigenvalue weighted by Gasteiger charge is -2.40. The van der Waals surface area contributed by atoms with Crippen LogP contribution in [0.25, 0.3) is 0 Å². The standard InChI is InChI=1S/C40H64N6O7S/c1-11-26(4)35(45(8)40(51)30(24-47)43-38(50)34(25(2)3)44(6)7)32(52-9)23-33(48)46-20-15-18-31(46)36(53-10)27(5)37(49)42-29(39-41-19-21-54-39)22-28-16-13-12-14-17-28/h12-14,16-17,19,21,25-27,29-32,34-36,47H,11,15,18,20,22-24H2,1-10H3,(H,42,49)(H,43,50)/t26-,27+,29-,30-,31-,32+,34-,35-,36+/m0/s1. The van der Waals surface area contributed by atoms with E-state index in [4.69, 9.17) is 9.47 Å². The molecule has 0 unspecified atom stereocenters. The van der Waals surface area contributed by atoms with Crippen molar-refractivity contribution in [1.29, 1.82) is 0 Å². The summed E-state index contributed by atoms with van der Waals surface area (Å²) >= 11 is 1.49. The molecule has 0 spiro atoms. The average molecular weight is 773 g/mol. The number of benzene rings is 1. The second kappa shape index (κ2) is 21.6. The predicted octanol–water partition coefficient (Wildman–Crippen LogP) is 3.53. The Balaban J connectivity index is 1.77. The summed E-state index contributed by atoms with van der Waals surface area (Å²) in [7, 11) is 8.34. The summed E-state index contributed by atoms with van der Waals surface area (Å²) in [5, 5.41) is 18.9. The lowest BCUT2D eigenvalue weighted by atomic mass is 9.90. The highest BCUT2D eigenvalue weighted by atomic mass is 32.1. The summed E-state index contributed by atoms with van der Waals surface area (Å²) in [6, 6.07) is 7.12. The van der Waals surface area contributed by atoms with Crippen molar-refractivity contribution < 1.29 is 33.8 Å². The van der Waals surface area contributed by atoms with Crippen LogP contribution < -0.4 is 10.6 Å². The number of likely N-dealkylation sites (N-methyl/N-ethyl adjacent to an activating group) is 2. The van der Waals surface area contributed by atoms with Crippen LogP contribution in [0.5, 0.6) is 0 Å². The van der Waals surface area contributed by atoms with Crippen LogP contribution in [-0.4, -0.2) is 133 Å². The molecule has 0 radical (unpaired) electrons. The molecule has 1 aliphatic heterocycles.